The fourth-order valence-electron chi connectivity index (χ4n) is 2.08. The number of nitro benzene ring substituents is 1. The highest BCUT2D eigenvalue weighted by Crippen LogP contribution is 2.26. The van der Waals surface area contributed by atoms with Crippen LogP contribution in [0.2, 0.25) is 0 Å². The van der Waals surface area contributed by atoms with Crippen molar-refractivity contribution in [2.24, 2.45) is 0 Å². The van der Waals surface area contributed by atoms with Crippen molar-refractivity contribution in [3.05, 3.63) is 73.7 Å². The van der Waals surface area contributed by atoms with Crippen LogP contribution in [0.3, 0.4) is 0 Å². The van der Waals surface area contributed by atoms with E-state index in [0.29, 0.717) is 11.6 Å². The van der Waals surface area contributed by atoms with E-state index in [9.17, 15) is 32.9 Å². The van der Waals surface area contributed by atoms with E-state index in [2.05, 4.69) is 5.32 Å². The molecule has 0 saturated heterocycles. The Bertz CT molecular complexity index is 877. The fraction of sp³-hybridized carbons (Fsp3) is 0.200. The summed E-state index contributed by atoms with van der Waals surface area (Å²) in [7, 11) is 0. The molecule has 7 nitrogen and oxygen atoms in total. The first-order valence-electron chi connectivity index (χ1n) is 6.95. The summed E-state index contributed by atoms with van der Waals surface area (Å²) in [5, 5.41) is 13.2. The number of rotatable bonds is 4. The minimum absolute atomic E-state index is 0.175. The van der Waals surface area contributed by atoms with Crippen molar-refractivity contribution in [2.75, 3.05) is 0 Å². The summed E-state index contributed by atoms with van der Waals surface area (Å²) in [5.41, 5.74) is -2.71. The van der Waals surface area contributed by atoms with Crippen molar-refractivity contribution in [2.45, 2.75) is 19.1 Å². The monoisotopic (exact) mass is 355 g/mol. The topological polar surface area (TPSA) is 105 Å². The van der Waals surface area contributed by atoms with Crippen LogP contribution < -0.4 is 10.9 Å². The van der Waals surface area contributed by atoms with Gasteiger partial charge in [0, 0.05) is 12.1 Å². The zero-order chi connectivity index (χ0) is 18.8. The summed E-state index contributed by atoms with van der Waals surface area (Å²) in [6.45, 7) is 1.52. The number of H-pyrrole nitrogens is 1. The van der Waals surface area contributed by atoms with Crippen LogP contribution in [0, 0.1) is 10.1 Å². The van der Waals surface area contributed by atoms with Crippen LogP contribution in [0.1, 0.15) is 34.6 Å². The number of aromatic nitrogens is 1. The molecule has 0 radical (unpaired) electrons. The Morgan fingerprint density at radius 3 is 2.52 bits per heavy atom. The summed E-state index contributed by atoms with van der Waals surface area (Å²) in [4.78, 5) is 35.5. The number of carbonyl (C=O) groups excluding carboxylic acids is 1. The van der Waals surface area contributed by atoms with Gasteiger partial charge >= 0.3 is 6.18 Å². The van der Waals surface area contributed by atoms with Gasteiger partial charge in [-0.3, -0.25) is 19.7 Å². The van der Waals surface area contributed by atoms with Crippen molar-refractivity contribution >= 4 is 11.6 Å². The number of benzene rings is 1. The third-order valence-electron chi connectivity index (χ3n) is 3.39. The molecule has 10 heteroatoms. The maximum Gasteiger partial charge on any atom is 0.431 e. The molecule has 2 rings (SSSR count). The quantitative estimate of drug-likeness (QED) is 0.650. The molecule has 0 aliphatic heterocycles. The number of nitrogens with zero attached hydrogens (tertiary/aromatic N) is 1. The van der Waals surface area contributed by atoms with Gasteiger partial charge in [-0.1, -0.05) is 12.1 Å². The van der Waals surface area contributed by atoms with Crippen LogP contribution in [0.25, 0.3) is 0 Å². The van der Waals surface area contributed by atoms with Gasteiger partial charge in [-0.2, -0.15) is 13.2 Å². The number of alkyl halides is 3. The number of pyridine rings is 1. The molecule has 2 N–H and O–H groups in total. The van der Waals surface area contributed by atoms with E-state index in [0.717, 1.165) is 6.07 Å². The molecule has 2 aromatic rings. The number of nitrogens with one attached hydrogen (secondary N) is 2. The van der Waals surface area contributed by atoms with Gasteiger partial charge in [0.1, 0.15) is 11.3 Å². The predicted octanol–water partition coefficient (Wildman–Crippen LogP) is 2.79. The van der Waals surface area contributed by atoms with E-state index in [1.54, 1.807) is 4.98 Å². The SMILES string of the molecule is CC(NC(=O)c1ccc(C(F)(F)F)[nH]c1=O)c1cccc([N+](=O)[O-])c1. The Morgan fingerprint density at radius 2 is 1.96 bits per heavy atom. The van der Waals surface area contributed by atoms with E-state index < -0.39 is 39.9 Å². The molecule has 132 valence electrons. The van der Waals surface area contributed by atoms with Gasteiger partial charge < -0.3 is 10.3 Å². The van der Waals surface area contributed by atoms with Gasteiger partial charge in [0.25, 0.3) is 17.2 Å². The molecule has 1 unspecified atom stereocenters. The minimum Gasteiger partial charge on any atom is -0.345 e. The Morgan fingerprint density at radius 1 is 1.28 bits per heavy atom. The molecule has 0 bridgehead atoms. The molecular formula is C15H12F3N3O4. The Hall–Kier alpha value is -3.17. The van der Waals surface area contributed by atoms with Gasteiger partial charge in [-0.25, -0.2) is 0 Å². The number of hydrogen-bond acceptors (Lipinski definition) is 4. The standard InChI is InChI=1S/C15H12F3N3O4/c1-8(9-3-2-4-10(7-9)21(24)25)19-13(22)11-5-6-12(15(16,17)18)20-14(11)23/h2-8H,1H3,(H,19,22)(H,20,23). The molecule has 1 aromatic carbocycles. The van der Waals surface area contributed by atoms with E-state index in [4.69, 9.17) is 0 Å². The first-order chi connectivity index (χ1) is 11.6. The number of non-ortho nitro benzene ring substituents is 1. The second-order valence-corrected chi connectivity index (χ2v) is 5.16. The molecule has 25 heavy (non-hydrogen) atoms. The van der Waals surface area contributed by atoms with E-state index in [-0.39, 0.29) is 5.69 Å². The molecule has 0 saturated carbocycles. The molecule has 1 amide bonds. The lowest BCUT2D eigenvalue weighted by Crippen LogP contribution is -2.32. The fourth-order valence-corrected chi connectivity index (χ4v) is 2.08. The number of aromatic amines is 1. The third-order valence-corrected chi connectivity index (χ3v) is 3.39. The molecule has 0 fully saturated rings. The maximum atomic E-state index is 12.5. The van der Waals surface area contributed by atoms with Crippen LogP contribution >= 0.6 is 0 Å². The number of halogens is 3. The zero-order valence-electron chi connectivity index (χ0n) is 12.8. The second-order valence-electron chi connectivity index (χ2n) is 5.16. The highest BCUT2D eigenvalue weighted by atomic mass is 19.4. The number of amides is 1. The molecule has 1 heterocycles. The van der Waals surface area contributed by atoms with Gasteiger partial charge in [0.05, 0.1) is 11.0 Å². The average molecular weight is 355 g/mol. The lowest BCUT2D eigenvalue weighted by molar-refractivity contribution is -0.384. The zero-order valence-corrected chi connectivity index (χ0v) is 12.8. The van der Waals surface area contributed by atoms with Crippen LogP contribution in [0.15, 0.2) is 41.2 Å². The van der Waals surface area contributed by atoms with Crippen LogP contribution in [-0.4, -0.2) is 15.8 Å². The van der Waals surface area contributed by atoms with Crippen molar-refractivity contribution in [3.63, 3.8) is 0 Å². The number of carbonyl (C=O) groups is 1. The first-order valence-corrected chi connectivity index (χ1v) is 6.95. The van der Waals surface area contributed by atoms with Crippen LogP contribution in [-0.2, 0) is 6.18 Å². The molecule has 0 aliphatic carbocycles. The summed E-state index contributed by atoms with van der Waals surface area (Å²) in [6.07, 6.45) is -4.73. The van der Waals surface area contributed by atoms with Crippen molar-refractivity contribution in [1.29, 1.82) is 0 Å². The van der Waals surface area contributed by atoms with E-state index in [1.165, 1.54) is 31.2 Å². The van der Waals surface area contributed by atoms with Gasteiger partial charge in [-0.15, -0.1) is 0 Å². The Balaban J connectivity index is 2.21. The molecule has 0 aliphatic rings. The summed E-state index contributed by atoms with van der Waals surface area (Å²) in [5.74, 6) is -0.894. The summed E-state index contributed by atoms with van der Waals surface area (Å²) in [6, 6.07) is 6.16. The first kappa shape index (κ1) is 18.2. The van der Waals surface area contributed by atoms with Crippen LogP contribution in [0.5, 0.6) is 0 Å². The molecule has 1 atom stereocenters. The summed E-state index contributed by atoms with van der Waals surface area (Å²) >= 11 is 0. The van der Waals surface area contributed by atoms with Gasteiger partial charge in [0.15, 0.2) is 0 Å². The molecular weight excluding hydrogens is 343 g/mol. The normalized spacial score (nSPS) is 12.5. The van der Waals surface area contributed by atoms with Crippen molar-refractivity contribution in [3.8, 4) is 0 Å². The molecule has 1 aromatic heterocycles. The van der Waals surface area contributed by atoms with Crippen molar-refractivity contribution in [1.82, 2.24) is 10.3 Å². The highest BCUT2D eigenvalue weighted by molar-refractivity contribution is 5.94. The minimum atomic E-state index is -4.73. The highest BCUT2D eigenvalue weighted by Gasteiger charge is 2.32. The summed E-state index contributed by atoms with van der Waals surface area (Å²) < 4.78 is 37.5. The Labute approximate surface area is 138 Å². The average Bonchev–Trinajstić information content (AvgIpc) is 2.53. The smallest absolute Gasteiger partial charge is 0.345 e. The largest absolute Gasteiger partial charge is 0.431 e. The van der Waals surface area contributed by atoms with Crippen LogP contribution in [0.4, 0.5) is 18.9 Å². The van der Waals surface area contributed by atoms with Gasteiger partial charge in [0.2, 0.25) is 0 Å². The van der Waals surface area contributed by atoms with E-state index in [1.807, 2.05) is 0 Å². The van der Waals surface area contributed by atoms with E-state index >= 15 is 0 Å². The third kappa shape index (κ3) is 4.22. The van der Waals surface area contributed by atoms with Gasteiger partial charge in [-0.05, 0) is 24.6 Å². The Kier molecular flexibility index (Phi) is 4.91. The number of nitro groups is 1. The number of hydrogen-bond donors (Lipinski definition) is 2. The maximum absolute atomic E-state index is 12.5. The van der Waals surface area contributed by atoms with Crippen molar-refractivity contribution < 1.29 is 22.9 Å². The molecule has 0 spiro atoms. The lowest BCUT2D eigenvalue weighted by Gasteiger charge is -2.14. The predicted molar refractivity (Wildman–Crippen MR) is 81.0 cm³/mol. The lowest BCUT2D eigenvalue weighted by atomic mass is 10.1. The second kappa shape index (κ2) is 6.75.